The maximum Gasteiger partial charge on any atom is 0.191 e. The number of hydrogen-bond acceptors (Lipinski definition) is 1. The number of nitrogens with one attached hydrogen (secondary N) is 2. The number of nitrogens with zero attached hydrogens (tertiary/aromatic N) is 1. The van der Waals surface area contributed by atoms with Gasteiger partial charge in [0.25, 0.3) is 0 Å². The Morgan fingerprint density at radius 2 is 1.95 bits per heavy atom. The van der Waals surface area contributed by atoms with Gasteiger partial charge in [0.15, 0.2) is 5.96 Å². The monoisotopic (exact) mass is 277 g/mol. The van der Waals surface area contributed by atoms with Gasteiger partial charge in [-0.05, 0) is 24.3 Å². The lowest BCUT2D eigenvalue weighted by Gasteiger charge is -2.25. The Morgan fingerprint density at radius 3 is 2.60 bits per heavy atom. The van der Waals surface area contributed by atoms with Crippen molar-refractivity contribution in [3.8, 4) is 0 Å². The van der Waals surface area contributed by atoms with Crippen LogP contribution >= 0.6 is 0 Å². The summed E-state index contributed by atoms with van der Waals surface area (Å²) in [6.07, 6.45) is 5.17. The largest absolute Gasteiger partial charge is 0.356 e. The van der Waals surface area contributed by atoms with Crippen molar-refractivity contribution in [3.05, 3.63) is 35.6 Å². The number of halogens is 1. The molecule has 110 valence electrons. The fourth-order valence-corrected chi connectivity index (χ4v) is 2.74. The van der Waals surface area contributed by atoms with Gasteiger partial charge in [0, 0.05) is 25.7 Å². The Balaban J connectivity index is 1.82. The van der Waals surface area contributed by atoms with Crippen LogP contribution in [0.2, 0.25) is 0 Å². The second-order valence-electron chi connectivity index (χ2n) is 5.89. The van der Waals surface area contributed by atoms with Crippen molar-refractivity contribution < 1.29 is 4.39 Å². The molecule has 1 fully saturated rings. The molecule has 4 heteroatoms. The van der Waals surface area contributed by atoms with E-state index in [1.165, 1.54) is 31.7 Å². The molecule has 2 N–H and O–H groups in total. The van der Waals surface area contributed by atoms with E-state index in [1.54, 1.807) is 19.2 Å². The Kier molecular flexibility index (Phi) is 4.99. The van der Waals surface area contributed by atoms with E-state index in [0.717, 1.165) is 12.5 Å². The predicted molar refractivity (Wildman–Crippen MR) is 81.2 cm³/mol. The summed E-state index contributed by atoms with van der Waals surface area (Å²) in [6.45, 7) is 3.68. The van der Waals surface area contributed by atoms with Crippen molar-refractivity contribution in [1.82, 2.24) is 10.6 Å². The highest BCUT2D eigenvalue weighted by molar-refractivity contribution is 5.79. The van der Waals surface area contributed by atoms with Crippen LogP contribution in [0.1, 0.15) is 38.2 Å². The summed E-state index contributed by atoms with van der Waals surface area (Å²) in [7, 11) is 1.74. The van der Waals surface area contributed by atoms with E-state index < -0.39 is 0 Å². The molecular weight excluding hydrogens is 253 g/mol. The zero-order valence-corrected chi connectivity index (χ0v) is 12.4. The fraction of sp³-hybridized carbons (Fsp3) is 0.562. The van der Waals surface area contributed by atoms with E-state index >= 15 is 0 Å². The van der Waals surface area contributed by atoms with Gasteiger partial charge in [-0.3, -0.25) is 4.99 Å². The van der Waals surface area contributed by atoms with Crippen molar-refractivity contribution in [1.29, 1.82) is 0 Å². The summed E-state index contributed by atoms with van der Waals surface area (Å²) in [5.41, 5.74) is 1.03. The van der Waals surface area contributed by atoms with Gasteiger partial charge < -0.3 is 10.6 Å². The second-order valence-corrected chi connectivity index (χ2v) is 5.89. The highest BCUT2D eigenvalue weighted by Gasteiger charge is 2.28. The molecule has 0 aliphatic heterocycles. The summed E-state index contributed by atoms with van der Waals surface area (Å²) in [5.74, 6) is 0.555. The topological polar surface area (TPSA) is 36.4 Å². The SMILES string of the molecule is CN=C(NCc1ccccc1F)NCC1(C)CCCC1. The lowest BCUT2D eigenvalue weighted by atomic mass is 9.89. The van der Waals surface area contributed by atoms with Crippen LogP contribution in [0.4, 0.5) is 4.39 Å². The first-order chi connectivity index (χ1) is 9.63. The van der Waals surface area contributed by atoms with Gasteiger partial charge in [0.1, 0.15) is 5.82 Å². The van der Waals surface area contributed by atoms with Gasteiger partial charge in [-0.15, -0.1) is 0 Å². The predicted octanol–water partition coefficient (Wildman–Crippen LogP) is 3.07. The molecule has 1 aromatic rings. The van der Waals surface area contributed by atoms with E-state index in [2.05, 4.69) is 22.5 Å². The van der Waals surface area contributed by atoms with Gasteiger partial charge in [-0.25, -0.2) is 4.39 Å². The molecule has 0 amide bonds. The zero-order chi connectivity index (χ0) is 14.4. The molecule has 1 saturated carbocycles. The van der Waals surface area contributed by atoms with Crippen LogP contribution in [0, 0.1) is 11.2 Å². The molecule has 0 bridgehead atoms. The summed E-state index contributed by atoms with van der Waals surface area (Å²) < 4.78 is 13.5. The quantitative estimate of drug-likeness (QED) is 0.655. The van der Waals surface area contributed by atoms with Crippen molar-refractivity contribution in [2.75, 3.05) is 13.6 Å². The molecule has 1 aromatic carbocycles. The Hall–Kier alpha value is -1.58. The number of hydrogen-bond donors (Lipinski definition) is 2. The maximum atomic E-state index is 13.5. The molecule has 0 radical (unpaired) electrons. The van der Waals surface area contributed by atoms with Crippen LogP contribution < -0.4 is 10.6 Å². The van der Waals surface area contributed by atoms with Crippen molar-refractivity contribution in [2.45, 2.75) is 39.2 Å². The lowest BCUT2D eigenvalue weighted by molar-refractivity contribution is 0.334. The third-order valence-electron chi connectivity index (χ3n) is 4.12. The average molecular weight is 277 g/mol. The Labute approximate surface area is 120 Å². The molecule has 0 unspecified atom stereocenters. The van der Waals surface area contributed by atoms with Gasteiger partial charge in [0.2, 0.25) is 0 Å². The molecule has 0 heterocycles. The standard InChI is InChI=1S/C16H24FN3/c1-16(9-5-6-10-16)12-20-15(18-2)19-11-13-7-3-4-8-14(13)17/h3-4,7-8H,5-6,9-12H2,1-2H3,(H2,18,19,20). The number of rotatable bonds is 4. The first kappa shape index (κ1) is 14.8. The number of aliphatic imine (C=N–C) groups is 1. The van der Waals surface area contributed by atoms with Gasteiger partial charge in [0.05, 0.1) is 0 Å². The van der Waals surface area contributed by atoms with E-state index in [-0.39, 0.29) is 5.82 Å². The minimum Gasteiger partial charge on any atom is -0.356 e. The molecule has 0 spiro atoms. The lowest BCUT2D eigenvalue weighted by Crippen LogP contribution is -2.41. The molecule has 0 atom stereocenters. The second kappa shape index (κ2) is 6.73. The third kappa shape index (κ3) is 3.95. The molecule has 2 rings (SSSR count). The summed E-state index contributed by atoms with van der Waals surface area (Å²) in [6, 6.07) is 6.81. The smallest absolute Gasteiger partial charge is 0.191 e. The van der Waals surface area contributed by atoms with Crippen molar-refractivity contribution in [2.24, 2.45) is 10.4 Å². The molecule has 0 aromatic heterocycles. The minimum absolute atomic E-state index is 0.182. The first-order valence-corrected chi connectivity index (χ1v) is 7.31. The Morgan fingerprint density at radius 1 is 1.25 bits per heavy atom. The van der Waals surface area contributed by atoms with Crippen LogP contribution in [0.15, 0.2) is 29.3 Å². The minimum atomic E-state index is -0.182. The Bertz CT molecular complexity index is 465. The molecule has 3 nitrogen and oxygen atoms in total. The first-order valence-electron chi connectivity index (χ1n) is 7.31. The molecular formula is C16H24FN3. The van der Waals surface area contributed by atoms with E-state index in [1.807, 2.05) is 6.07 Å². The molecule has 20 heavy (non-hydrogen) atoms. The van der Waals surface area contributed by atoms with Gasteiger partial charge >= 0.3 is 0 Å². The van der Waals surface area contributed by atoms with E-state index in [0.29, 0.717) is 17.5 Å². The zero-order valence-electron chi connectivity index (χ0n) is 12.4. The molecule has 1 aliphatic rings. The van der Waals surface area contributed by atoms with Crippen LogP contribution in [0.3, 0.4) is 0 Å². The van der Waals surface area contributed by atoms with Crippen LogP contribution in [0.25, 0.3) is 0 Å². The fourth-order valence-electron chi connectivity index (χ4n) is 2.74. The van der Waals surface area contributed by atoms with Crippen molar-refractivity contribution >= 4 is 5.96 Å². The van der Waals surface area contributed by atoms with Gasteiger partial charge in [-0.1, -0.05) is 38.0 Å². The molecule has 1 aliphatic carbocycles. The third-order valence-corrected chi connectivity index (χ3v) is 4.12. The number of benzene rings is 1. The van der Waals surface area contributed by atoms with Crippen LogP contribution in [-0.2, 0) is 6.54 Å². The average Bonchev–Trinajstić information content (AvgIpc) is 2.88. The van der Waals surface area contributed by atoms with Gasteiger partial charge in [-0.2, -0.15) is 0 Å². The maximum absolute atomic E-state index is 13.5. The van der Waals surface area contributed by atoms with Crippen LogP contribution in [0.5, 0.6) is 0 Å². The normalized spacial score (nSPS) is 18.1. The van der Waals surface area contributed by atoms with E-state index in [4.69, 9.17) is 0 Å². The van der Waals surface area contributed by atoms with Crippen LogP contribution in [-0.4, -0.2) is 19.6 Å². The highest BCUT2D eigenvalue weighted by Crippen LogP contribution is 2.36. The van der Waals surface area contributed by atoms with Crippen molar-refractivity contribution in [3.63, 3.8) is 0 Å². The van der Waals surface area contributed by atoms with E-state index in [9.17, 15) is 4.39 Å². The summed E-state index contributed by atoms with van der Waals surface area (Å²) in [5, 5.41) is 6.52. The summed E-state index contributed by atoms with van der Waals surface area (Å²) >= 11 is 0. The summed E-state index contributed by atoms with van der Waals surface area (Å²) in [4.78, 5) is 4.20. The number of guanidine groups is 1. The molecule has 0 saturated heterocycles. The highest BCUT2D eigenvalue weighted by atomic mass is 19.1.